The van der Waals surface area contributed by atoms with E-state index in [1.54, 1.807) is 18.2 Å². The molecule has 0 saturated carbocycles. The van der Waals surface area contributed by atoms with Crippen molar-refractivity contribution in [2.75, 3.05) is 17.1 Å². The van der Waals surface area contributed by atoms with Gasteiger partial charge in [0.15, 0.2) is 5.78 Å². The molecule has 1 amide bonds. The SMILES string of the molecule is CCC(C)NC(=O)CN(c1cccc(C(C)=O)c1)S(C)(=O)=O. The van der Waals surface area contributed by atoms with Gasteiger partial charge < -0.3 is 5.32 Å². The minimum atomic E-state index is -3.64. The number of carbonyl (C=O) groups excluding carboxylic acids is 2. The number of benzene rings is 1. The third kappa shape index (κ3) is 5.14. The van der Waals surface area contributed by atoms with Crippen LogP contribution in [-0.4, -0.2) is 39.0 Å². The third-order valence-electron chi connectivity index (χ3n) is 3.25. The van der Waals surface area contributed by atoms with Gasteiger partial charge in [-0.1, -0.05) is 19.1 Å². The van der Waals surface area contributed by atoms with Crippen molar-refractivity contribution in [3.05, 3.63) is 29.8 Å². The van der Waals surface area contributed by atoms with Gasteiger partial charge in [0.2, 0.25) is 15.9 Å². The summed E-state index contributed by atoms with van der Waals surface area (Å²) in [6.07, 6.45) is 1.79. The van der Waals surface area contributed by atoms with Gasteiger partial charge in [-0.15, -0.1) is 0 Å². The van der Waals surface area contributed by atoms with Crippen LogP contribution in [0.1, 0.15) is 37.6 Å². The van der Waals surface area contributed by atoms with E-state index in [2.05, 4.69) is 5.32 Å². The van der Waals surface area contributed by atoms with Crippen LogP contribution in [0.15, 0.2) is 24.3 Å². The monoisotopic (exact) mass is 326 g/mol. The molecule has 1 aromatic carbocycles. The van der Waals surface area contributed by atoms with E-state index in [0.29, 0.717) is 11.3 Å². The Morgan fingerprint density at radius 1 is 1.32 bits per heavy atom. The summed E-state index contributed by atoms with van der Waals surface area (Å²) >= 11 is 0. The van der Waals surface area contributed by atoms with E-state index in [0.717, 1.165) is 17.0 Å². The van der Waals surface area contributed by atoms with Gasteiger partial charge >= 0.3 is 0 Å². The predicted molar refractivity (Wildman–Crippen MR) is 86.5 cm³/mol. The zero-order valence-electron chi connectivity index (χ0n) is 13.3. The van der Waals surface area contributed by atoms with Crippen molar-refractivity contribution in [3.63, 3.8) is 0 Å². The van der Waals surface area contributed by atoms with Gasteiger partial charge in [0.05, 0.1) is 11.9 Å². The van der Waals surface area contributed by atoms with Crippen molar-refractivity contribution in [1.29, 1.82) is 0 Å². The number of ketones is 1. The lowest BCUT2D eigenvalue weighted by molar-refractivity contribution is -0.120. The van der Waals surface area contributed by atoms with Crippen molar-refractivity contribution >= 4 is 27.4 Å². The maximum atomic E-state index is 12.0. The zero-order chi connectivity index (χ0) is 16.9. The minimum Gasteiger partial charge on any atom is -0.352 e. The van der Waals surface area contributed by atoms with Gasteiger partial charge in [0, 0.05) is 11.6 Å². The van der Waals surface area contributed by atoms with Gasteiger partial charge in [-0.25, -0.2) is 8.42 Å². The molecule has 0 aliphatic carbocycles. The van der Waals surface area contributed by atoms with Crippen molar-refractivity contribution in [3.8, 4) is 0 Å². The molecule has 22 heavy (non-hydrogen) atoms. The molecular weight excluding hydrogens is 304 g/mol. The number of nitrogens with one attached hydrogen (secondary N) is 1. The third-order valence-corrected chi connectivity index (χ3v) is 4.39. The number of carbonyl (C=O) groups is 2. The largest absolute Gasteiger partial charge is 0.352 e. The zero-order valence-corrected chi connectivity index (χ0v) is 14.1. The number of nitrogens with zero attached hydrogens (tertiary/aromatic N) is 1. The first kappa shape index (κ1) is 18.2. The molecule has 6 nitrogen and oxygen atoms in total. The second-order valence-electron chi connectivity index (χ2n) is 5.25. The summed E-state index contributed by atoms with van der Waals surface area (Å²) in [7, 11) is -3.64. The van der Waals surface area contributed by atoms with E-state index in [1.807, 2.05) is 13.8 Å². The molecular formula is C15H22N2O4S. The fraction of sp³-hybridized carbons (Fsp3) is 0.467. The van der Waals surface area contributed by atoms with Crippen molar-refractivity contribution in [2.45, 2.75) is 33.2 Å². The quantitative estimate of drug-likeness (QED) is 0.771. The average Bonchev–Trinajstić information content (AvgIpc) is 2.43. The number of hydrogen-bond acceptors (Lipinski definition) is 4. The molecule has 0 heterocycles. The molecule has 1 atom stereocenters. The second-order valence-corrected chi connectivity index (χ2v) is 7.16. The maximum Gasteiger partial charge on any atom is 0.240 e. The summed E-state index contributed by atoms with van der Waals surface area (Å²) in [5, 5.41) is 2.73. The first-order valence-corrected chi connectivity index (χ1v) is 8.88. The van der Waals surface area contributed by atoms with Crippen LogP contribution in [0.3, 0.4) is 0 Å². The highest BCUT2D eigenvalue weighted by Gasteiger charge is 2.21. The molecule has 0 spiro atoms. The molecule has 0 saturated heterocycles. The van der Waals surface area contributed by atoms with Gasteiger partial charge in [-0.3, -0.25) is 13.9 Å². The molecule has 0 aliphatic rings. The van der Waals surface area contributed by atoms with Crippen LogP contribution in [0, 0.1) is 0 Å². The predicted octanol–water partition coefficient (Wildman–Crippen LogP) is 1.57. The Labute approximate surface area is 131 Å². The molecule has 0 aromatic heterocycles. The van der Waals surface area contributed by atoms with E-state index >= 15 is 0 Å². The van der Waals surface area contributed by atoms with E-state index < -0.39 is 10.0 Å². The molecule has 1 unspecified atom stereocenters. The van der Waals surface area contributed by atoms with E-state index in [9.17, 15) is 18.0 Å². The molecule has 0 fully saturated rings. The average molecular weight is 326 g/mol. The van der Waals surface area contributed by atoms with Crippen LogP contribution >= 0.6 is 0 Å². The van der Waals surface area contributed by atoms with Gasteiger partial charge in [-0.2, -0.15) is 0 Å². The van der Waals surface area contributed by atoms with E-state index in [1.165, 1.54) is 13.0 Å². The van der Waals surface area contributed by atoms with Gasteiger partial charge in [0.1, 0.15) is 6.54 Å². The van der Waals surface area contributed by atoms with Crippen molar-refractivity contribution < 1.29 is 18.0 Å². The molecule has 7 heteroatoms. The summed E-state index contributed by atoms with van der Waals surface area (Å²) in [6.45, 7) is 4.86. The number of anilines is 1. The Morgan fingerprint density at radius 2 is 1.95 bits per heavy atom. The molecule has 122 valence electrons. The van der Waals surface area contributed by atoms with Gasteiger partial charge in [0.25, 0.3) is 0 Å². The number of Topliss-reactive ketones (excluding diaryl/α,β-unsaturated/α-hetero) is 1. The topological polar surface area (TPSA) is 83.6 Å². The van der Waals surface area contributed by atoms with E-state index in [4.69, 9.17) is 0 Å². The molecule has 1 rings (SSSR count). The van der Waals surface area contributed by atoms with Crippen LogP contribution in [0.4, 0.5) is 5.69 Å². The number of sulfonamides is 1. The number of amides is 1. The molecule has 1 N–H and O–H groups in total. The Balaban J connectivity index is 3.07. The Kier molecular flexibility index (Phi) is 6.11. The van der Waals surface area contributed by atoms with Crippen LogP contribution in [0.5, 0.6) is 0 Å². The Bertz CT molecular complexity index is 655. The lowest BCUT2D eigenvalue weighted by Gasteiger charge is -2.23. The normalized spacial score (nSPS) is 12.5. The van der Waals surface area contributed by atoms with Crippen LogP contribution < -0.4 is 9.62 Å². The summed E-state index contributed by atoms with van der Waals surface area (Å²) in [5.74, 6) is -0.549. The van der Waals surface area contributed by atoms with Crippen molar-refractivity contribution in [1.82, 2.24) is 5.32 Å². The minimum absolute atomic E-state index is 0.0301. The first-order valence-electron chi connectivity index (χ1n) is 7.03. The summed E-state index contributed by atoms with van der Waals surface area (Å²) in [6, 6.07) is 6.20. The lowest BCUT2D eigenvalue weighted by Crippen LogP contribution is -2.43. The highest BCUT2D eigenvalue weighted by atomic mass is 32.2. The van der Waals surface area contributed by atoms with Crippen molar-refractivity contribution in [2.24, 2.45) is 0 Å². The fourth-order valence-corrected chi connectivity index (χ4v) is 2.68. The highest BCUT2D eigenvalue weighted by Crippen LogP contribution is 2.19. The molecule has 0 bridgehead atoms. The van der Waals surface area contributed by atoms with Gasteiger partial charge in [-0.05, 0) is 32.4 Å². The smallest absolute Gasteiger partial charge is 0.240 e. The summed E-state index contributed by atoms with van der Waals surface area (Å²) < 4.78 is 24.9. The first-order chi connectivity index (χ1) is 10.1. The summed E-state index contributed by atoms with van der Waals surface area (Å²) in [5.41, 5.74) is 0.697. The Morgan fingerprint density at radius 3 is 2.45 bits per heavy atom. The summed E-state index contributed by atoms with van der Waals surface area (Å²) in [4.78, 5) is 23.4. The Hall–Kier alpha value is -1.89. The number of hydrogen-bond donors (Lipinski definition) is 1. The standard InChI is InChI=1S/C15H22N2O4S/c1-5-11(2)16-15(19)10-17(22(4,20)21)14-8-6-7-13(9-14)12(3)18/h6-9,11H,5,10H2,1-4H3,(H,16,19). The molecule has 0 radical (unpaired) electrons. The lowest BCUT2D eigenvalue weighted by atomic mass is 10.1. The van der Waals surface area contributed by atoms with Crippen LogP contribution in [0.2, 0.25) is 0 Å². The highest BCUT2D eigenvalue weighted by molar-refractivity contribution is 7.92. The van der Waals surface area contributed by atoms with Crippen LogP contribution in [0.25, 0.3) is 0 Å². The molecule has 1 aromatic rings. The fourth-order valence-electron chi connectivity index (χ4n) is 1.83. The van der Waals surface area contributed by atoms with Crippen LogP contribution in [-0.2, 0) is 14.8 Å². The molecule has 0 aliphatic heterocycles. The maximum absolute atomic E-state index is 12.0. The number of rotatable bonds is 7. The van der Waals surface area contributed by atoms with E-state index in [-0.39, 0.29) is 24.3 Å². The second kappa shape index (κ2) is 7.40.